The Morgan fingerprint density at radius 2 is 1.76 bits per heavy atom. The van der Waals surface area contributed by atoms with Gasteiger partial charge in [0.05, 0.1) is 5.60 Å². The van der Waals surface area contributed by atoms with Crippen LogP contribution >= 0.6 is 0 Å². The average molecular weight is 361 g/mol. The van der Waals surface area contributed by atoms with E-state index in [9.17, 15) is 4.79 Å². The molecule has 0 saturated heterocycles. The number of carbonyl (C=O) groups excluding carboxylic acids is 1. The van der Waals surface area contributed by atoms with Crippen LogP contribution in [0.25, 0.3) is 0 Å². The van der Waals surface area contributed by atoms with Gasteiger partial charge in [0.25, 0.3) is 0 Å². The first-order chi connectivity index (χ1) is 11.6. The lowest BCUT2D eigenvalue weighted by Gasteiger charge is -2.57. The van der Waals surface area contributed by atoms with Crippen molar-refractivity contribution < 1.29 is 9.22 Å². The Bertz CT molecular complexity index is 604. The molecule has 4 rings (SSSR count). The minimum absolute atomic E-state index is 0.0752. The van der Waals surface area contributed by atoms with E-state index in [-0.39, 0.29) is 5.60 Å². The molecule has 0 aromatic rings. The van der Waals surface area contributed by atoms with Gasteiger partial charge in [0.1, 0.15) is 0 Å². The van der Waals surface area contributed by atoms with Gasteiger partial charge in [0.2, 0.25) is 0 Å². The first-order valence-corrected chi connectivity index (χ1v) is 14.0. The second kappa shape index (κ2) is 5.79. The number of rotatable bonds is 2. The summed E-state index contributed by atoms with van der Waals surface area (Å²) in [6.45, 7) is 12.0. The summed E-state index contributed by atoms with van der Waals surface area (Å²) in [4.78, 5) is 11.8. The Hall–Kier alpha value is -0.413. The summed E-state index contributed by atoms with van der Waals surface area (Å²) in [6.07, 6.45) is 11.7. The fraction of sp³-hybridized carbons (Fsp3) is 0.864. The standard InChI is InChI=1S/C22H36O2Si/c1-21-12-10-18-17-9-7-16(23)14-15(17)6-8-19(18)20(21)11-13-22(21,2)24-25(3,4)5/h14,17-20H,6-13H2,1-5H3. The number of ketones is 1. The van der Waals surface area contributed by atoms with Crippen molar-refractivity contribution in [2.45, 2.75) is 90.5 Å². The zero-order chi connectivity index (χ0) is 18.0. The molecule has 0 radical (unpaired) electrons. The highest BCUT2D eigenvalue weighted by molar-refractivity contribution is 6.69. The molecular formula is C22H36O2Si. The van der Waals surface area contributed by atoms with Gasteiger partial charge in [-0.2, -0.15) is 0 Å². The Labute approximate surface area is 154 Å². The van der Waals surface area contributed by atoms with Crippen LogP contribution in [0.4, 0.5) is 0 Å². The molecule has 0 heterocycles. The van der Waals surface area contributed by atoms with Crippen LogP contribution in [0.2, 0.25) is 19.6 Å². The topological polar surface area (TPSA) is 26.3 Å². The lowest BCUT2D eigenvalue weighted by molar-refractivity contribution is -0.117. The quantitative estimate of drug-likeness (QED) is 0.587. The van der Waals surface area contributed by atoms with E-state index in [0.717, 1.165) is 30.6 Å². The van der Waals surface area contributed by atoms with Gasteiger partial charge in [-0.3, -0.25) is 4.79 Å². The normalized spacial score (nSPS) is 46.9. The summed E-state index contributed by atoms with van der Waals surface area (Å²) >= 11 is 0. The first-order valence-electron chi connectivity index (χ1n) is 10.6. The fourth-order valence-corrected chi connectivity index (χ4v) is 8.94. The lowest BCUT2D eigenvalue weighted by Crippen LogP contribution is -2.55. The highest BCUT2D eigenvalue weighted by atomic mass is 28.4. The SMILES string of the molecule is CC1(O[Si](C)(C)C)CCC2C3CCC4=CC(=O)CCC4C3CCC21C. The Kier molecular flexibility index (Phi) is 4.16. The van der Waals surface area contributed by atoms with Gasteiger partial charge in [-0.25, -0.2) is 0 Å². The summed E-state index contributed by atoms with van der Waals surface area (Å²) in [7, 11) is -1.54. The molecule has 0 aliphatic heterocycles. The van der Waals surface area contributed by atoms with Crippen molar-refractivity contribution in [3.8, 4) is 0 Å². The van der Waals surface area contributed by atoms with Gasteiger partial charge in [0.15, 0.2) is 14.1 Å². The maximum Gasteiger partial charge on any atom is 0.184 e. The highest BCUT2D eigenvalue weighted by Gasteiger charge is 2.62. The zero-order valence-electron chi connectivity index (χ0n) is 16.9. The van der Waals surface area contributed by atoms with E-state index in [2.05, 4.69) is 33.5 Å². The molecule has 0 aromatic carbocycles. The molecule has 4 aliphatic carbocycles. The third-order valence-electron chi connectivity index (χ3n) is 8.36. The second-order valence-corrected chi connectivity index (χ2v) is 15.2. The summed E-state index contributed by atoms with van der Waals surface area (Å²) < 4.78 is 6.84. The maximum absolute atomic E-state index is 11.8. The Balaban J connectivity index is 1.60. The number of fused-ring (bicyclic) bond motifs is 5. The van der Waals surface area contributed by atoms with E-state index in [4.69, 9.17) is 4.43 Å². The summed E-state index contributed by atoms with van der Waals surface area (Å²) in [6, 6.07) is 0. The van der Waals surface area contributed by atoms with Crippen molar-refractivity contribution in [1.29, 1.82) is 0 Å². The van der Waals surface area contributed by atoms with Crippen LogP contribution < -0.4 is 0 Å². The van der Waals surface area contributed by atoms with E-state index >= 15 is 0 Å². The third kappa shape index (κ3) is 2.81. The zero-order valence-corrected chi connectivity index (χ0v) is 17.9. The van der Waals surface area contributed by atoms with E-state index in [1.165, 1.54) is 44.1 Å². The van der Waals surface area contributed by atoms with Crippen molar-refractivity contribution >= 4 is 14.1 Å². The van der Waals surface area contributed by atoms with Gasteiger partial charge in [-0.1, -0.05) is 12.5 Å². The minimum Gasteiger partial charge on any atom is -0.412 e. The monoisotopic (exact) mass is 360 g/mol. The predicted octanol–water partition coefficient (Wildman–Crippen LogP) is 5.74. The highest BCUT2D eigenvalue weighted by Crippen LogP contribution is 2.66. The summed E-state index contributed by atoms with van der Waals surface area (Å²) in [5, 5.41) is 0. The molecule has 3 saturated carbocycles. The lowest BCUT2D eigenvalue weighted by atomic mass is 9.51. The van der Waals surface area contributed by atoms with E-state index in [1.807, 2.05) is 6.08 Å². The maximum atomic E-state index is 11.8. The van der Waals surface area contributed by atoms with Crippen LogP contribution in [0.1, 0.15) is 65.2 Å². The number of hydrogen-bond acceptors (Lipinski definition) is 2. The molecule has 0 aromatic heterocycles. The van der Waals surface area contributed by atoms with Gasteiger partial charge in [-0.15, -0.1) is 0 Å². The van der Waals surface area contributed by atoms with Crippen molar-refractivity contribution in [1.82, 2.24) is 0 Å². The van der Waals surface area contributed by atoms with Gasteiger partial charge in [0, 0.05) is 6.42 Å². The molecule has 25 heavy (non-hydrogen) atoms. The van der Waals surface area contributed by atoms with Crippen LogP contribution in [0, 0.1) is 29.1 Å². The summed E-state index contributed by atoms with van der Waals surface area (Å²) in [5.41, 5.74) is 1.92. The minimum atomic E-state index is -1.54. The van der Waals surface area contributed by atoms with Gasteiger partial charge in [-0.05, 0) is 107 Å². The molecular weight excluding hydrogens is 324 g/mol. The van der Waals surface area contributed by atoms with Crippen molar-refractivity contribution in [2.24, 2.45) is 29.1 Å². The largest absolute Gasteiger partial charge is 0.412 e. The fourth-order valence-electron chi connectivity index (χ4n) is 7.25. The van der Waals surface area contributed by atoms with E-state index < -0.39 is 8.32 Å². The molecule has 0 amide bonds. The Morgan fingerprint density at radius 1 is 1.00 bits per heavy atom. The van der Waals surface area contributed by atoms with Crippen molar-refractivity contribution in [3.63, 3.8) is 0 Å². The van der Waals surface area contributed by atoms with Crippen molar-refractivity contribution in [3.05, 3.63) is 11.6 Å². The van der Waals surface area contributed by atoms with Crippen molar-refractivity contribution in [2.75, 3.05) is 0 Å². The molecule has 0 spiro atoms. The average Bonchev–Trinajstić information content (AvgIpc) is 2.76. The molecule has 4 aliphatic rings. The number of carbonyl (C=O) groups is 1. The first kappa shape index (κ1) is 18.0. The predicted molar refractivity (Wildman–Crippen MR) is 105 cm³/mol. The number of allylic oxidation sites excluding steroid dienone is 1. The molecule has 2 nitrogen and oxygen atoms in total. The van der Waals surface area contributed by atoms with Crippen LogP contribution in [-0.2, 0) is 9.22 Å². The van der Waals surface area contributed by atoms with Crippen LogP contribution in [0.15, 0.2) is 11.6 Å². The van der Waals surface area contributed by atoms with E-state index in [0.29, 0.717) is 17.1 Å². The number of hydrogen-bond donors (Lipinski definition) is 0. The molecule has 140 valence electrons. The second-order valence-electron chi connectivity index (χ2n) is 10.7. The smallest absolute Gasteiger partial charge is 0.184 e. The molecule has 3 fully saturated rings. The van der Waals surface area contributed by atoms with Crippen LogP contribution in [-0.4, -0.2) is 19.7 Å². The van der Waals surface area contributed by atoms with Crippen LogP contribution in [0.5, 0.6) is 0 Å². The molecule has 6 atom stereocenters. The van der Waals surface area contributed by atoms with Crippen LogP contribution in [0.3, 0.4) is 0 Å². The summed E-state index contributed by atoms with van der Waals surface area (Å²) in [5.74, 6) is 3.61. The van der Waals surface area contributed by atoms with Gasteiger partial charge < -0.3 is 4.43 Å². The Morgan fingerprint density at radius 3 is 2.48 bits per heavy atom. The van der Waals surface area contributed by atoms with Gasteiger partial charge >= 0.3 is 0 Å². The molecule has 0 bridgehead atoms. The van der Waals surface area contributed by atoms with E-state index in [1.54, 1.807) is 0 Å². The molecule has 6 unspecified atom stereocenters. The molecule has 0 N–H and O–H groups in total. The molecule has 3 heteroatoms. The third-order valence-corrected chi connectivity index (χ3v) is 9.42.